The molecular weight excluding hydrogens is 376 g/mol. The molecule has 0 aliphatic heterocycles. The van der Waals surface area contributed by atoms with Gasteiger partial charge < -0.3 is 9.84 Å². The molecule has 1 aromatic heterocycles. The molecule has 2 N–H and O–H groups in total. The molecule has 1 aromatic carbocycles. The Morgan fingerprint density at radius 2 is 1.88 bits per heavy atom. The monoisotopic (exact) mass is 398 g/mol. The van der Waals surface area contributed by atoms with Crippen molar-refractivity contribution in [3.63, 3.8) is 0 Å². The molecule has 7 nitrogen and oxygen atoms in total. The Hall–Kier alpha value is -2.13. The van der Waals surface area contributed by atoms with E-state index in [1.165, 1.54) is 43.1 Å². The number of carboxylic acid groups (broad SMARTS) is 1. The minimum Gasteiger partial charge on any atom is -0.490 e. The molecule has 2 aromatic rings. The van der Waals surface area contributed by atoms with Crippen molar-refractivity contribution in [2.75, 3.05) is 11.6 Å². The highest BCUT2D eigenvalue weighted by atomic mass is 32.2. The van der Waals surface area contributed by atoms with Crippen molar-refractivity contribution >= 4 is 32.4 Å². The summed E-state index contributed by atoms with van der Waals surface area (Å²) in [5, 5.41) is 12.4. The van der Waals surface area contributed by atoms with Crippen molar-refractivity contribution in [3.05, 3.63) is 35.8 Å². The van der Waals surface area contributed by atoms with Crippen LogP contribution >= 0.6 is 11.3 Å². The zero-order chi connectivity index (χ0) is 19.0. The number of rotatable bonds is 4. The molecule has 142 valence electrons. The van der Waals surface area contributed by atoms with Crippen LogP contribution < -0.4 is 10.1 Å². The third kappa shape index (κ3) is 7.01. The number of thiazole rings is 1. The highest BCUT2D eigenvalue weighted by Crippen LogP contribution is 2.24. The fraction of sp³-hybridized carbons (Fsp3) is 0.412. The Labute approximate surface area is 157 Å². The van der Waals surface area contributed by atoms with E-state index in [0.29, 0.717) is 16.1 Å². The van der Waals surface area contributed by atoms with Gasteiger partial charge in [0.15, 0.2) is 15.0 Å². The average molecular weight is 399 g/mol. The van der Waals surface area contributed by atoms with Crippen LogP contribution in [0.15, 0.2) is 40.7 Å². The van der Waals surface area contributed by atoms with Crippen LogP contribution in [0.3, 0.4) is 0 Å². The van der Waals surface area contributed by atoms with E-state index in [9.17, 15) is 13.2 Å². The summed E-state index contributed by atoms with van der Waals surface area (Å²) in [7, 11) is -3.11. The summed E-state index contributed by atoms with van der Waals surface area (Å²) in [6.07, 6.45) is 7.94. The molecule has 26 heavy (non-hydrogen) atoms. The first-order valence-electron chi connectivity index (χ1n) is 8.21. The smallest absolute Gasteiger partial charge is 0.410 e. The van der Waals surface area contributed by atoms with Crippen LogP contribution in [0.4, 0.5) is 9.93 Å². The van der Waals surface area contributed by atoms with Crippen LogP contribution in [-0.2, 0) is 9.84 Å². The van der Waals surface area contributed by atoms with Crippen molar-refractivity contribution in [1.29, 1.82) is 0 Å². The van der Waals surface area contributed by atoms with Gasteiger partial charge in [-0.1, -0.05) is 6.42 Å². The molecule has 1 amide bonds. The molecule has 0 atom stereocenters. The third-order valence-electron chi connectivity index (χ3n) is 3.75. The van der Waals surface area contributed by atoms with Gasteiger partial charge in [-0.15, -0.1) is 11.3 Å². The number of anilines is 1. The molecule has 1 fully saturated rings. The predicted molar refractivity (Wildman–Crippen MR) is 101 cm³/mol. The van der Waals surface area contributed by atoms with Gasteiger partial charge in [-0.25, -0.2) is 18.2 Å². The van der Waals surface area contributed by atoms with E-state index in [1.54, 1.807) is 29.6 Å². The van der Waals surface area contributed by atoms with E-state index < -0.39 is 15.9 Å². The van der Waals surface area contributed by atoms with E-state index in [2.05, 4.69) is 10.3 Å². The number of hydrogen-bond acceptors (Lipinski definition) is 6. The van der Waals surface area contributed by atoms with Crippen LogP contribution in [0.5, 0.6) is 5.75 Å². The summed E-state index contributed by atoms with van der Waals surface area (Å²) in [6, 6.07) is 6.69. The van der Waals surface area contributed by atoms with Crippen LogP contribution in [0.1, 0.15) is 32.1 Å². The summed E-state index contributed by atoms with van der Waals surface area (Å²) in [5.74, 6) is 0.768. The van der Waals surface area contributed by atoms with Gasteiger partial charge in [0.2, 0.25) is 0 Å². The molecule has 0 saturated heterocycles. The molecule has 1 aliphatic rings. The second-order valence-electron chi connectivity index (χ2n) is 5.89. The first-order chi connectivity index (χ1) is 12.3. The third-order valence-corrected chi connectivity index (χ3v) is 5.57. The SMILES string of the molecule is CS(=O)(=O)c1ccc(OC2CCCCC2)cc1.O=C(O)Nc1nccs1. The fourth-order valence-electron chi connectivity index (χ4n) is 2.52. The van der Waals surface area contributed by atoms with Gasteiger partial charge in [0.25, 0.3) is 0 Å². The number of amides is 1. The Balaban J connectivity index is 0.000000228. The minimum atomic E-state index is -3.11. The number of nitrogens with one attached hydrogen (secondary N) is 1. The molecule has 3 rings (SSSR count). The first kappa shape index (κ1) is 20.2. The first-order valence-corrected chi connectivity index (χ1v) is 11.0. The molecule has 9 heteroatoms. The zero-order valence-electron chi connectivity index (χ0n) is 14.4. The highest BCUT2D eigenvalue weighted by molar-refractivity contribution is 7.90. The molecule has 1 saturated carbocycles. The molecular formula is C17H22N2O5S2. The molecule has 0 spiro atoms. The van der Waals surface area contributed by atoms with Gasteiger partial charge in [0.05, 0.1) is 11.0 Å². The molecule has 1 heterocycles. The van der Waals surface area contributed by atoms with Gasteiger partial charge in [-0.05, 0) is 49.9 Å². The second kappa shape index (κ2) is 9.54. The van der Waals surface area contributed by atoms with Gasteiger partial charge in [-0.2, -0.15) is 0 Å². The van der Waals surface area contributed by atoms with E-state index in [0.717, 1.165) is 18.6 Å². The normalized spacial score (nSPS) is 14.8. The van der Waals surface area contributed by atoms with Crippen molar-refractivity contribution < 1.29 is 23.1 Å². The Bertz CT molecular complexity index is 783. The maximum absolute atomic E-state index is 11.3. The van der Waals surface area contributed by atoms with E-state index >= 15 is 0 Å². The summed E-state index contributed by atoms with van der Waals surface area (Å²) < 4.78 is 28.4. The largest absolute Gasteiger partial charge is 0.490 e. The topological polar surface area (TPSA) is 106 Å². The van der Waals surface area contributed by atoms with Gasteiger partial charge in [0.1, 0.15) is 5.75 Å². The number of hydrogen-bond donors (Lipinski definition) is 2. The Morgan fingerprint density at radius 3 is 2.38 bits per heavy atom. The number of nitrogens with zero attached hydrogens (tertiary/aromatic N) is 1. The Kier molecular flexibility index (Phi) is 7.40. The summed E-state index contributed by atoms with van der Waals surface area (Å²) in [4.78, 5) is 13.9. The average Bonchev–Trinajstić information content (AvgIpc) is 3.08. The number of sulfone groups is 1. The van der Waals surface area contributed by atoms with Gasteiger partial charge >= 0.3 is 6.09 Å². The van der Waals surface area contributed by atoms with Gasteiger partial charge in [-0.3, -0.25) is 5.32 Å². The number of benzene rings is 1. The fourth-order valence-corrected chi connectivity index (χ4v) is 3.67. The van der Waals surface area contributed by atoms with Crippen molar-refractivity contribution in [1.82, 2.24) is 4.98 Å². The van der Waals surface area contributed by atoms with Gasteiger partial charge in [0, 0.05) is 17.8 Å². The maximum atomic E-state index is 11.3. The van der Waals surface area contributed by atoms with E-state index in [1.807, 2.05) is 0 Å². The van der Waals surface area contributed by atoms with Crippen molar-refractivity contribution in [2.24, 2.45) is 0 Å². The van der Waals surface area contributed by atoms with Crippen LogP contribution in [0.25, 0.3) is 0 Å². The molecule has 1 aliphatic carbocycles. The van der Waals surface area contributed by atoms with Crippen LogP contribution in [-0.4, -0.2) is 37.0 Å². The summed E-state index contributed by atoms with van der Waals surface area (Å²) in [6.45, 7) is 0. The number of carbonyl (C=O) groups is 1. The number of aromatic nitrogens is 1. The molecule has 0 unspecified atom stereocenters. The van der Waals surface area contributed by atoms with E-state index in [4.69, 9.17) is 9.84 Å². The van der Waals surface area contributed by atoms with Crippen molar-refractivity contribution in [3.8, 4) is 5.75 Å². The quantitative estimate of drug-likeness (QED) is 0.805. The highest BCUT2D eigenvalue weighted by Gasteiger charge is 2.15. The minimum absolute atomic E-state index is 0.299. The second-order valence-corrected chi connectivity index (χ2v) is 8.80. The van der Waals surface area contributed by atoms with E-state index in [-0.39, 0.29) is 0 Å². The predicted octanol–water partition coefficient (Wildman–Crippen LogP) is 4.03. The van der Waals surface area contributed by atoms with Crippen molar-refractivity contribution in [2.45, 2.75) is 43.1 Å². The lowest BCUT2D eigenvalue weighted by molar-refractivity contribution is 0.155. The molecule has 0 bridgehead atoms. The van der Waals surface area contributed by atoms with Crippen LogP contribution in [0.2, 0.25) is 0 Å². The molecule has 0 radical (unpaired) electrons. The lowest BCUT2D eigenvalue weighted by Gasteiger charge is -2.22. The Morgan fingerprint density at radius 1 is 1.23 bits per heavy atom. The number of ether oxygens (including phenoxy) is 1. The lowest BCUT2D eigenvalue weighted by Crippen LogP contribution is -2.19. The summed E-state index contributed by atoms with van der Waals surface area (Å²) in [5.41, 5.74) is 0. The zero-order valence-corrected chi connectivity index (χ0v) is 16.1. The standard InChI is InChI=1S/C13H18O3S.C4H4N2O2S/c1-17(14,15)13-9-7-12(8-10-13)16-11-5-3-2-4-6-11;7-4(8)6-3-5-1-2-9-3/h7-11H,2-6H2,1H3;1-2H,(H,5,6)(H,7,8). The maximum Gasteiger partial charge on any atom is 0.410 e. The van der Waals surface area contributed by atoms with Crippen LogP contribution in [0, 0.1) is 0 Å². The lowest BCUT2D eigenvalue weighted by atomic mass is 9.98. The summed E-state index contributed by atoms with van der Waals surface area (Å²) >= 11 is 1.25.